The summed E-state index contributed by atoms with van der Waals surface area (Å²) in [5.41, 5.74) is 3.05. The minimum atomic E-state index is -0.390. The first-order chi connectivity index (χ1) is 25.7. The maximum atomic E-state index is 12.7. The fourth-order valence-corrected chi connectivity index (χ4v) is 8.35. The maximum absolute atomic E-state index is 12.7. The number of aliphatic hydroxyl groups excluding tert-OH is 1. The first-order valence-corrected chi connectivity index (χ1v) is 21.9. The summed E-state index contributed by atoms with van der Waals surface area (Å²) in [6.45, 7) is 24.2. The molecular weight excluding hydrogens is 679 g/mol. The van der Waals surface area contributed by atoms with E-state index in [4.69, 9.17) is 18.9 Å². The van der Waals surface area contributed by atoms with Gasteiger partial charge in [0.1, 0.15) is 6.10 Å². The first-order valence-electron chi connectivity index (χ1n) is 21.9. The molecule has 2 aliphatic carbocycles. The van der Waals surface area contributed by atoms with Gasteiger partial charge in [-0.2, -0.15) is 0 Å². The maximum Gasteiger partial charge on any atom is 0.306 e. The highest BCUT2D eigenvalue weighted by Gasteiger charge is 2.62. The number of unbranched alkanes of at least 4 members (excludes halogenated alkanes) is 3. The number of carbonyl (C=O) groups excluding carboxylic acids is 2. The SMILES string of the molecule is CC(C)=CCCC(C)CCOC(CCC(=O)OCCCCCCN(CCO)CCCC(=O)O[C@@H]1C[C@@H]2CC[C@@]1(C)C2(C)C)OCCC(C)CCC=C(C)C. The molecular formula is C46H83NO7. The standard InChI is InChI=1S/C46H83NO7/c1-36(2)17-14-19-38(5)25-33-52-44(53-34-26-39(6)20-15-18-37(3)4)23-22-42(49)51-32-13-11-10-12-28-47(30-31-48)29-16-21-43(50)54-41-35-40-24-27-46(41,9)45(40,7)8/h17-18,38-41,44,48H,10-16,19-35H2,1-9H3/t38?,39?,40-,41+,44?,46+/m0/s1. The minimum absolute atomic E-state index is 0.0461. The molecule has 5 atom stereocenters. The average Bonchev–Trinajstić information content (AvgIpc) is 3.43. The molecule has 2 saturated carbocycles. The number of ether oxygens (including phenoxy) is 4. The summed E-state index contributed by atoms with van der Waals surface area (Å²) in [6, 6.07) is 0. The summed E-state index contributed by atoms with van der Waals surface area (Å²) in [4.78, 5) is 27.6. The molecule has 2 fully saturated rings. The van der Waals surface area contributed by atoms with E-state index in [0.717, 1.165) is 96.6 Å². The molecule has 2 aliphatic rings. The van der Waals surface area contributed by atoms with Crippen molar-refractivity contribution in [2.45, 2.75) is 184 Å². The van der Waals surface area contributed by atoms with Crippen molar-refractivity contribution in [1.82, 2.24) is 4.90 Å². The van der Waals surface area contributed by atoms with Crippen LogP contribution in [0.25, 0.3) is 0 Å². The Labute approximate surface area is 331 Å². The van der Waals surface area contributed by atoms with Gasteiger partial charge in [-0.15, -0.1) is 0 Å². The van der Waals surface area contributed by atoms with Crippen LogP contribution in [-0.4, -0.2) is 80.4 Å². The molecule has 0 aliphatic heterocycles. The molecule has 54 heavy (non-hydrogen) atoms. The number of hydrogen-bond acceptors (Lipinski definition) is 8. The zero-order chi connectivity index (χ0) is 40.0. The molecule has 8 nitrogen and oxygen atoms in total. The number of fused-ring (bicyclic) bond motifs is 2. The van der Waals surface area contributed by atoms with Crippen molar-refractivity contribution in [3.63, 3.8) is 0 Å². The van der Waals surface area contributed by atoms with Crippen LogP contribution in [0.4, 0.5) is 0 Å². The Hall–Kier alpha value is -1.74. The lowest BCUT2D eigenvalue weighted by atomic mass is 9.70. The lowest BCUT2D eigenvalue weighted by molar-refractivity contribution is -0.161. The Balaban J connectivity index is 1.61. The van der Waals surface area contributed by atoms with Gasteiger partial charge in [0.25, 0.3) is 0 Å². The normalized spacial score (nSPS) is 21.8. The van der Waals surface area contributed by atoms with Crippen LogP contribution in [0.2, 0.25) is 0 Å². The van der Waals surface area contributed by atoms with Crippen LogP contribution >= 0.6 is 0 Å². The lowest BCUT2D eigenvalue weighted by Crippen LogP contribution is -2.38. The summed E-state index contributed by atoms with van der Waals surface area (Å²) in [5, 5.41) is 9.59. The molecule has 2 rings (SSSR count). The van der Waals surface area contributed by atoms with Crippen LogP contribution in [0.3, 0.4) is 0 Å². The van der Waals surface area contributed by atoms with E-state index in [1.165, 1.54) is 17.6 Å². The summed E-state index contributed by atoms with van der Waals surface area (Å²) < 4.78 is 24.0. The van der Waals surface area contributed by atoms with E-state index in [0.29, 0.717) is 63.4 Å². The molecule has 314 valence electrons. The summed E-state index contributed by atoms with van der Waals surface area (Å²) in [6.07, 6.45) is 19.9. The Morgan fingerprint density at radius 2 is 1.33 bits per heavy atom. The van der Waals surface area contributed by atoms with Crippen molar-refractivity contribution in [1.29, 1.82) is 0 Å². The predicted octanol–water partition coefficient (Wildman–Crippen LogP) is 10.6. The van der Waals surface area contributed by atoms with E-state index in [2.05, 4.69) is 79.4 Å². The second-order valence-corrected chi connectivity index (χ2v) is 18.1. The van der Waals surface area contributed by atoms with Gasteiger partial charge < -0.3 is 29.0 Å². The topological polar surface area (TPSA) is 94.5 Å². The van der Waals surface area contributed by atoms with E-state index in [1.54, 1.807) is 0 Å². The Morgan fingerprint density at radius 1 is 0.741 bits per heavy atom. The molecule has 0 aromatic rings. The molecule has 0 aromatic heterocycles. The molecule has 0 saturated heterocycles. The zero-order valence-electron chi connectivity index (χ0n) is 36.4. The first kappa shape index (κ1) is 48.4. The van der Waals surface area contributed by atoms with Gasteiger partial charge in [-0.05, 0) is 141 Å². The number of rotatable bonds is 31. The number of carbonyl (C=O) groups is 2. The second-order valence-electron chi connectivity index (χ2n) is 18.1. The van der Waals surface area contributed by atoms with Gasteiger partial charge >= 0.3 is 11.9 Å². The van der Waals surface area contributed by atoms with E-state index < -0.39 is 6.29 Å². The number of nitrogens with zero attached hydrogens (tertiary/aromatic N) is 1. The molecule has 0 radical (unpaired) electrons. The smallest absolute Gasteiger partial charge is 0.306 e. The van der Waals surface area contributed by atoms with Gasteiger partial charge in [0.15, 0.2) is 6.29 Å². The molecule has 1 N–H and O–H groups in total. The highest BCUT2D eigenvalue weighted by molar-refractivity contribution is 5.70. The van der Waals surface area contributed by atoms with Crippen LogP contribution in [0.5, 0.6) is 0 Å². The Morgan fingerprint density at radius 3 is 1.87 bits per heavy atom. The highest BCUT2D eigenvalue weighted by Crippen LogP contribution is 2.66. The van der Waals surface area contributed by atoms with E-state index >= 15 is 0 Å². The summed E-state index contributed by atoms with van der Waals surface area (Å²) >= 11 is 0. The second kappa shape index (κ2) is 26.2. The summed E-state index contributed by atoms with van der Waals surface area (Å²) in [7, 11) is 0. The Bertz CT molecular complexity index is 1080. The highest BCUT2D eigenvalue weighted by atomic mass is 16.7. The van der Waals surface area contributed by atoms with Gasteiger partial charge in [0, 0.05) is 38.0 Å². The van der Waals surface area contributed by atoms with E-state index in [-0.39, 0.29) is 35.5 Å². The van der Waals surface area contributed by atoms with Crippen molar-refractivity contribution in [3.05, 3.63) is 23.3 Å². The monoisotopic (exact) mass is 762 g/mol. The lowest BCUT2D eigenvalue weighted by Gasteiger charge is -2.38. The van der Waals surface area contributed by atoms with Gasteiger partial charge in [-0.25, -0.2) is 0 Å². The minimum Gasteiger partial charge on any atom is -0.466 e. The van der Waals surface area contributed by atoms with E-state index in [1.807, 2.05) is 0 Å². The van der Waals surface area contributed by atoms with Crippen LogP contribution in [0.15, 0.2) is 23.3 Å². The molecule has 0 spiro atoms. The molecule has 0 aromatic carbocycles. The molecule has 2 unspecified atom stereocenters. The number of esters is 2. The fourth-order valence-electron chi connectivity index (χ4n) is 8.35. The van der Waals surface area contributed by atoms with Crippen LogP contribution in [0, 0.1) is 28.6 Å². The average molecular weight is 762 g/mol. The van der Waals surface area contributed by atoms with Crippen molar-refractivity contribution in [2.75, 3.05) is 46.1 Å². The fraction of sp³-hybridized carbons (Fsp3) is 0.870. The summed E-state index contributed by atoms with van der Waals surface area (Å²) in [5.74, 6) is 1.53. The van der Waals surface area contributed by atoms with Crippen molar-refractivity contribution >= 4 is 11.9 Å². The van der Waals surface area contributed by atoms with Crippen LogP contribution in [0.1, 0.15) is 171 Å². The van der Waals surface area contributed by atoms with Crippen LogP contribution in [-0.2, 0) is 28.5 Å². The number of allylic oxidation sites excluding steroid dienone is 4. The van der Waals surface area contributed by atoms with Crippen molar-refractivity contribution in [2.24, 2.45) is 28.6 Å². The van der Waals surface area contributed by atoms with Gasteiger partial charge in [0.05, 0.1) is 19.6 Å². The third-order valence-corrected chi connectivity index (χ3v) is 12.7. The third kappa shape index (κ3) is 18.5. The molecule has 0 heterocycles. The predicted molar refractivity (Wildman–Crippen MR) is 221 cm³/mol. The molecule has 8 heteroatoms. The molecule has 0 amide bonds. The largest absolute Gasteiger partial charge is 0.466 e. The van der Waals surface area contributed by atoms with Gasteiger partial charge in [0.2, 0.25) is 0 Å². The Kier molecular flexibility index (Phi) is 23.5. The van der Waals surface area contributed by atoms with Gasteiger partial charge in [-0.1, -0.05) is 70.8 Å². The van der Waals surface area contributed by atoms with Gasteiger partial charge in [-0.3, -0.25) is 9.59 Å². The van der Waals surface area contributed by atoms with Crippen molar-refractivity contribution in [3.8, 4) is 0 Å². The van der Waals surface area contributed by atoms with E-state index in [9.17, 15) is 14.7 Å². The number of hydrogen-bond donors (Lipinski definition) is 1. The van der Waals surface area contributed by atoms with Crippen molar-refractivity contribution < 1.29 is 33.6 Å². The number of aliphatic hydroxyl groups is 1. The molecule has 2 bridgehead atoms. The van der Waals surface area contributed by atoms with Crippen LogP contribution < -0.4 is 0 Å². The zero-order valence-corrected chi connectivity index (χ0v) is 36.4. The quantitative estimate of drug-likeness (QED) is 0.0323. The third-order valence-electron chi connectivity index (χ3n) is 12.7.